The number of aryl methyl sites for hydroxylation is 1. The van der Waals surface area contributed by atoms with Gasteiger partial charge in [0, 0.05) is 11.8 Å². The zero-order chi connectivity index (χ0) is 28.9. The highest BCUT2D eigenvalue weighted by molar-refractivity contribution is 5.81. The molecule has 2 aromatic carbocycles. The lowest BCUT2D eigenvalue weighted by molar-refractivity contribution is -0.180. The molecule has 1 amide bonds. The second-order valence-electron chi connectivity index (χ2n) is 9.37. The zero-order valence-electron chi connectivity index (χ0n) is 21.3. The van der Waals surface area contributed by atoms with Crippen LogP contribution < -0.4 is 16.6 Å². The summed E-state index contributed by atoms with van der Waals surface area (Å²) in [6, 6.07) is 17.4. The highest BCUT2D eigenvalue weighted by Crippen LogP contribution is 2.41. The lowest BCUT2D eigenvalue weighted by atomic mass is 9.95. The van der Waals surface area contributed by atoms with Gasteiger partial charge < -0.3 is 19.5 Å². The Morgan fingerprint density at radius 1 is 1.05 bits per heavy atom. The van der Waals surface area contributed by atoms with Crippen LogP contribution in [0, 0.1) is 6.92 Å². The van der Waals surface area contributed by atoms with Gasteiger partial charge in [-0.25, -0.2) is 9.18 Å². The van der Waals surface area contributed by atoms with Gasteiger partial charge in [-0.3, -0.25) is 19.1 Å². The Kier molecular flexibility index (Phi) is 8.86. The minimum absolute atomic E-state index is 0.0100. The van der Waals surface area contributed by atoms with Gasteiger partial charge in [-0.15, -0.1) is 0 Å². The lowest BCUT2D eigenvalue weighted by Crippen LogP contribution is -2.56. The predicted octanol–water partition coefficient (Wildman–Crippen LogP) is 2.93. The molecule has 4 atom stereocenters. The van der Waals surface area contributed by atoms with Crippen LogP contribution in [0.2, 0.25) is 0 Å². The van der Waals surface area contributed by atoms with Gasteiger partial charge in [0.25, 0.3) is 5.56 Å². The third-order valence-electron chi connectivity index (χ3n) is 6.39. The first-order chi connectivity index (χ1) is 19.0. The summed E-state index contributed by atoms with van der Waals surface area (Å²) in [4.78, 5) is 38.3. The number of alkyl halides is 4. The molecule has 0 spiro atoms. The number of hydrogen-bond donors (Lipinski definition) is 2. The number of carbonyl (C=O) groups is 1. The smallest absolute Gasteiger partial charge is 0.374 e. The third kappa shape index (κ3) is 6.66. The van der Waals surface area contributed by atoms with E-state index < -0.39 is 60.6 Å². The molecular weight excluding hydrogens is 538 g/mol. The van der Waals surface area contributed by atoms with E-state index in [-0.39, 0.29) is 18.8 Å². The van der Waals surface area contributed by atoms with E-state index in [1.54, 1.807) is 66.0 Å². The maximum absolute atomic E-state index is 16.2. The first-order valence-electron chi connectivity index (χ1n) is 12.3. The number of nitrogens with one attached hydrogen (secondary N) is 2. The zero-order valence-corrected chi connectivity index (χ0v) is 21.3. The summed E-state index contributed by atoms with van der Waals surface area (Å²) in [6.07, 6.45) is -9.56. The van der Waals surface area contributed by atoms with Crippen molar-refractivity contribution in [3.05, 3.63) is 104 Å². The summed E-state index contributed by atoms with van der Waals surface area (Å²) in [5, 5.41) is 1.75. The molecule has 0 aliphatic carbocycles. The fourth-order valence-corrected chi connectivity index (χ4v) is 4.36. The monoisotopic (exact) mass is 565 g/mol. The quantitative estimate of drug-likeness (QED) is 0.366. The van der Waals surface area contributed by atoms with Crippen molar-refractivity contribution in [1.82, 2.24) is 14.9 Å². The number of hydrogen-bond acceptors (Lipinski definition) is 6. The van der Waals surface area contributed by atoms with Crippen molar-refractivity contribution in [3.8, 4) is 0 Å². The van der Waals surface area contributed by atoms with Gasteiger partial charge in [0.1, 0.15) is 11.7 Å². The van der Waals surface area contributed by atoms with Crippen molar-refractivity contribution in [2.75, 3.05) is 13.2 Å². The largest absolute Gasteiger partial charge is 0.471 e. The summed E-state index contributed by atoms with van der Waals surface area (Å²) in [5.74, 6) is -2.27. The maximum atomic E-state index is 16.2. The van der Waals surface area contributed by atoms with Crippen LogP contribution in [0.1, 0.15) is 22.9 Å². The highest BCUT2D eigenvalue weighted by Gasteiger charge is 2.58. The number of H-pyrrole nitrogens is 1. The molecule has 40 heavy (non-hydrogen) atoms. The average Bonchev–Trinajstić information content (AvgIpc) is 3.19. The molecule has 1 aliphatic rings. The second kappa shape index (κ2) is 12.1. The molecule has 1 fully saturated rings. The molecule has 1 saturated heterocycles. The minimum atomic E-state index is -5.22. The van der Waals surface area contributed by atoms with Crippen LogP contribution >= 0.6 is 0 Å². The summed E-state index contributed by atoms with van der Waals surface area (Å²) in [5.41, 5.74) is -2.27. The van der Waals surface area contributed by atoms with Crippen LogP contribution in [0.3, 0.4) is 0 Å². The number of carbonyl (C=O) groups excluding carboxylic acids is 1. The van der Waals surface area contributed by atoms with E-state index in [9.17, 15) is 27.6 Å². The Hall–Kier alpha value is -3.81. The normalized spacial score (nSPS) is 22.8. The van der Waals surface area contributed by atoms with Crippen molar-refractivity contribution >= 4 is 5.91 Å². The van der Waals surface area contributed by atoms with E-state index in [0.29, 0.717) is 5.56 Å². The molecule has 214 valence electrons. The molecule has 9 nitrogen and oxygen atoms in total. The number of aromatic amines is 1. The molecule has 0 saturated carbocycles. The SMILES string of the molecule is Cc1cn([C@@H]2O[C@](CNC(=O)C(F)(F)F)(COCc3ccccc3)[C@@H](OCc3ccccc3)[C@H]2F)c(=O)[nH]c1=O. The number of nitrogens with zero attached hydrogens (tertiary/aromatic N) is 1. The van der Waals surface area contributed by atoms with Crippen molar-refractivity contribution in [2.24, 2.45) is 0 Å². The number of halogens is 4. The van der Waals surface area contributed by atoms with Crippen LogP contribution in [-0.2, 0) is 32.2 Å². The number of rotatable bonds is 10. The number of amides is 1. The average molecular weight is 566 g/mol. The van der Waals surface area contributed by atoms with E-state index in [4.69, 9.17) is 14.2 Å². The second-order valence-corrected chi connectivity index (χ2v) is 9.37. The van der Waals surface area contributed by atoms with Gasteiger partial charge in [0.15, 0.2) is 12.4 Å². The van der Waals surface area contributed by atoms with Gasteiger partial charge in [0.2, 0.25) is 0 Å². The van der Waals surface area contributed by atoms with Crippen LogP contribution in [0.5, 0.6) is 0 Å². The molecule has 2 N–H and O–H groups in total. The number of ether oxygens (including phenoxy) is 3. The molecule has 13 heteroatoms. The molecule has 0 radical (unpaired) electrons. The topological polar surface area (TPSA) is 112 Å². The van der Waals surface area contributed by atoms with Gasteiger partial charge >= 0.3 is 17.8 Å². The van der Waals surface area contributed by atoms with Gasteiger partial charge in [-0.1, -0.05) is 60.7 Å². The Bertz CT molecular complexity index is 1410. The van der Waals surface area contributed by atoms with Gasteiger partial charge in [-0.05, 0) is 18.1 Å². The van der Waals surface area contributed by atoms with Crippen LogP contribution in [0.25, 0.3) is 0 Å². The third-order valence-corrected chi connectivity index (χ3v) is 6.39. The lowest BCUT2D eigenvalue weighted by Gasteiger charge is -2.34. The fraction of sp³-hybridized carbons (Fsp3) is 0.370. The molecular formula is C27H27F4N3O6. The molecule has 0 bridgehead atoms. The summed E-state index contributed by atoms with van der Waals surface area (Å²) in [7, 11) is 0. The summed E-state index contributed by atoms with van der Waals surface area (Å²) in [6.45, 7) is -0.139. The van der Waals surface area contributed by atoms with E-state index in [2.05, 4.69) is 4.98 Å². The van der Waals surface area contributed by atoms with Gasteiger partial charge in [0.05, 0.1) is 26.4 Å². The maximum Gasteiger partial charge on any atom is 0.471 e. The first-order valence-corrected chi connectivity index (χ1v) is 12.3. The number of aromatic nitrogens is 2. The van der Waals surface area contributed by atoms with E-state index in [1.807, 2.05) is 0 Å². The summed E-state index contributed by atoms with van der Waals surface area (Å²) < 4.78 is 73.8. The van der Waals surface area contributed by atoms with Crippen LogP contribution in [0.15, 0.2) is 76.4 Å². The van der Waals surface area contributed by atoms with Gasteiger partial charge in [-0.2, -0.15) is 13.2 Å². The molecule has 0 unspecified atom stereocenters. The highest BCUT2D eigenvalue weighted by atomic mass is 19.4. The van der Waals surface area contributed by atoms with Crippen molar-refractivity contribution < 1.29 is 36.6 Å². The Balaban J connectivity index is 1.70. The minimum Gasteiger partial charge on any atom is -0.374 e. The molecule has 3 aromatic rings. The molecule has 2 heterocycles. The van der Waals surface area contributed by atoms with Crippen molar-refractivity contribution in [3.63, 3.8) is 0 Å². The molecule has 1 aromatic heterocycles. The Morgan fingerprint density at radius 3 is 2.25 bits per heavy atom. The van der Waals surface area contributed by atoms with E-state index >= 15 is 4.39 Å². The predicted molar refractivity (Wildman–Crippen MR) is 134 cm³/mol. The standard InChI is InChI=1S/C27H27F4N3O6/c1-17-12-34(25(37)33-22(17)35)23-20(28)21(39-14-19-10-6-3-7-11-19)26(40-23,15-32-24(36)27(29,30)31)16-38-13-18-8-4-2-5-9-18/h2-12,20-21,23H,13-16H2,1H3,(H,32,36)(H,33,35,37)/t20-,21+,23-,26-/m1/s1. The molecule has 4 rings (SSSR count). The summed E-state index contributed by atoms with van der Waals surface area (Å²) >= 11 is 0. The van der Waals surface area contributed by atoms with Crippen LogP contribution in [-0.4, -0.2) is 52.7 Å². The fourth-order valence-electron chi connectivity index (χ4n) is 4.36. The van der Waals surface area contributed by atoms with E-state index in [0.717, 1.165) is 16.3 Å². The first kappa shape index (κ1) is 29.2. The Labute approximate surface area is 225 Å². The van der Waals surface area contributed by atoms with E-state index in [1.165, 1.54) is 6.92 Å². The Morgan fingerprint density at radius 2 is 1.65 bits per heavy atom. The van der Waals surface area contributed by atoms with Crippen molar-refractivity contribution in [1.29, 1.82) is 0 Å². The number of benzene rings is 2. The van der Waals surface area contributed by atoms with Crippen molar-refractivity contribution in [2.45, 2.75) is 50.4 Å². The van der Waals surface area contributed by atoms with Crippen LogP contribution in [0.4, 0.5) is 17.6 Å². The molecule has 1 aliphatic heterocycles.